The predicted molar refractivity (Wildman–Crippen MR) is 84.9 cm³/mol. The number of benzene rings is 1. The molecule has 0 spiro atoms. The van der Waals surface area contributed by atoms with E-state index in [4.69, 9.17) is 5.84 Å². The number of nitrogens with one attached hydrogen (secondary N) is 1. The van der Waals surface area contributed by atoms with E-state index < -0.39 is 0 Å². The lowest BCUT2D eigenvalue weighted by Gasteiger charge is -2.34. The normalized spacial score (nSPS) is 25.3. The molecule has 1 saturated carbocycles. The Kier molecular flexibility index (Phi) is 5.59. The Labute approximate surface area is 128 Å². The van der Waals surface area contributed by atoms with Crippen LogP contribution < -0.4 is 11.3 Å². The molecule has 0 aromatic heterocycles. The zero-order chi connectivity index (χ0) is 13.8. The van der Waals surface area contributed by atoms with Crippen molar-refractivity contribution in [1.29, 1.82) is 0 Å². The van der Waals surface area contributed by atoms with Gasteiger partial charge >= 0.3 is 0 Å². The molecule has 0 bridgehead atoms. The fourth-order valence-corrected chi connectivity index (χ4v) is 3.98. The first-order chi connectivity index (χ1) is 9.15. The Morgan fingerprint density at radius 2 is 2.05 bits per heavy atom. The molecule has 1 aliphatic carbocycles. The van der Waals surface area contributed by atoms with Crippen molar-refractivity contribution in [1.82, 2.24) is 5.43 Å². The molecule has 0 heterocycles. The fraction of sp³-hybridized carbons (Fsp3) is 0.600. The van der Waals surface area contributed by atoms with Crippen LogP contribution in [0.4, 0.5) is 4.39 Å². The molecule has 0 radical (unpaired) electrons. The van der Waals surface area contributed by atoms with E-state index in [2.05, 4.69) is 34.9 Å². The van der Waals surface area contributed by atoms with Crippen LogP contribution in [0.5, 0.6) is 0 Å². The van der Waals surface area contributed by atoms with Gasteiger partial charge in [-0.1, -0.05) is 32.3 Å². The maximum absolute atomic E-state index is 13.2. The Balaban J connectivity index is 2.12. The zero-order valence-electron chi connectivity index (χ0n) is 11.3. The van der Waals surface area contributed by atoms with Gasteiger partial charge < -0.3 is 0 Å². The van der Waals surface area contributed by atoms with Gasteiger partial charge in [-0.3, -0.25) is 11.3 Å². The summed E-state index contributed by atoms with van der Waals surface area (Å²) >= 11 is 2.20. The highest BCUT2D eigenvalue weighted by Gasteiger charge is 2.28. The van der Waals surface area contributed by atoms with Gasteiger partial charge in [0.1, 0.15) is 5.82 Å². The Bertz CT molecular complexity index is 417. The number of hydrogen-bond donors (Lipinski definition) is 2. The third-order valence-electron chi connectivity index (χ3n) is 4.42. The largest absolute Gasteiger partial charge is 0.271 e. The smallest absolute Gasteiger partial charge is 0.124 e. The fourth-order valence-electron chi connectivity index (χ4n) is 3.16. The van der Waals surface area contributed by atoms with E-state index in [-0.39, 0.29) is 11.9 Å². The van der Waals surface area contributed by atoms with Crippen molar-refractivity contribution in [3.8, 4) is 0 Å². The van der Waals surface area contributed by atoms with Crippen LogP contribution in [-0.2, 0) is 0 Å². The Hall–Kier alpha value is -0.200. The molecule has 106 valence electrons. The topological polar surface area (TPSA) is 38.0 Å². The summed E-state index contributed by atoms with van der Waals surface area (Å²) in [5.41, 5.74) is 4.08. The van der Waals surface area contributed by atoms with Crippen molar-refractivity contribution in [3.63, 3.8) is 0 Å². The summed E-state index contributed by atoms with van der Waals surface area (Å²) in [5, 5.41) is 0. The van der Waals surface area contributed by atoms with Crippen LogP contribution in [-0.4, -0.2) is 0 Å². The van der Waals surface area contributed by atoms with Gasteiger partial charge in [0, 0.05) is 9.61 Å². The summed E-state index contributed by atoms with van der Waals surface area (Å²) in [7, 11) is 0. The molecule has 1 aromatic rings. The van der Waals surface area contributed by atoms with E-state index in [1.54, 1.807) is 6.07 Å². The van der Waals surface area contributed by atoms with Crippen molar-refractivity contribution in [2.75, 3.05) is 0 Å². The van der Waals surface area contributed by atoms with Crippen molar-refractivity contribution in [2.24, 2.45) is 17.7 Å². The lowest BCUT2D eigenvalue weighted by Crippen LogP contribution is -2.35. The SMILES string of the molecule is CCC1CCC(C(NN)c2ccc(F)cc2I)CC1. The molecular weight excluding hydrogens is 354 g/mol. The molecule has 0 saturated heterocycles. The van der Waals surface area contributed by atoms with E-state index in [1.165, 1.54) is 38.2 Å². The van der Waals surface area contributed by atoms with Crippen LogP contribution in [0, 0.1) is 21.2 Å². The second kappa shape index (κ2) is 6.99. The predicted octanol–water partition coefficient (Wildman–Crippen LogP) is 4.15. The highest BCUT2D eigenvalue weighted by molar-refractivity contribution is 14.1. The molecule has 1 aliphatic rings. The van der Waals surface area contributed by atoms with Crippen LogP contribution in [0.3, 0.4) is 0 Å². The highest BCUT2D eigenvalue weighted by Crippen LogP contribution is 2.38. The van der Waals surface area contributed by atoms with Crippen LogP contribution in [0.25, 0.3) is 0 Å². The Morgan fingerprint density at radius 1 is 1.37 bits per heavy atom. The summed E-state index contributed by atoms with van der Waals surface area (Å²) in [6, 6.07) is 5.12. The molecule has 1 aromatic carbocycles. The van der Waals surface area contributed by atoms with Crippen molar-refractivity contribution in [3.05, 3.63) is 33.1 Å². The first-order valence-corrected chi connectivity index (χ1v) is 8.14. The molecule has 1 fully saturated rings. The van der Waals surface area contributed by atoms with Gasteiger partial charge in [-0.15, -0.1) is 0 Å². The van der Waals surface area contributed by atoms with Crippen molar-refractivity contribution in [2.45, 2.75) is 45.1 Å². The first-order valence-electron chi connectivity index (χ1n) is 7.06. The molecule has 0 amide bonds. The van der Waals surface area contributed by atoms with Crippen LogP contribution in [0.15, 0.2) is 18.2 Å². The van der Waals surface area contributed by atoms with E-state index >= 15 is 0 Å². The molecular formula is C15H22FIN2. The van der Waals surface area contributed by atoms with Crippen molar-refractivity contribution < 1.29 is 4.39 Å². The van der Waals surface area contributed by atoms with E-state index in [0.29, 0.717) is 5.92 Å². The summed E-state index contributed by atoms with van der Waals surface area (Å²) in [4.78, 5) is 0. The minimum Gasteiger partial charge on any atom is -0.271 e. The average molecular weight is 376 g/mol. The van der Waals surface area contributed by atoms with Gasteiger partial charge in [0.25, 0.3) is 0 Å². The number of nitrogens with two attached hydrogens (primary N) is 1. The number of hydrazine groups is 1. The number of rotatable bonds is 4. The summed E-state index contributed by atoms with van der Waals surface area (Å²) in [6.45, 7) is 2.27. The van der Waals surface area contributed by atoms with Gasteiger partial charge in [0.15, 0.2) is 0 Å². The third kappa shape index (κ3) is 3.67. The maximum atomic E-state index is 13.2. The standard InChI is InChI=1S/C15H22FIN2/c1-2-10-3-5-11(6-4-10)15(19-18)13-8-7-12(16)9-14(13)17/h7-11,15,19H,2-6,18H2,1H3. The molecule has 3 N–H and O–H groups in total. The summed E-state index contributed by atoms with van der Waals surface area (Å²) in [6.07, 6.45) is 6.28. The third-order valence-corrected chi connectivity index (χ3v) is 5.35. The molecule has 1 unspecified atom stereocenters. The lowest BCUT2D eigenvalue weighted by molar-refractivity contribution is 0.219. The number of halogens is 2. The molecule has 4 heteroatoms. The van der Waals surface area contributed by atoms with E-state index in [0.717, 1.165) is 15.1 Å². The van der Waals surface area contributed by atoms with E-state index in [1.807, 2.05) is 6.07 Å². The summed E-state index contributed by atoms with van der Waals surface area (Å²) < 4.78 is 14.2. The quantitative estimate of drug-likeness (QED) is 0.471. The van der Waals surface area contributed by atoms with Gasteiger partial charge in [-0.2, -0.15) is 0 Å². The molecule has 19 heavy (non-hydrogen) atoms. The van der Waals surface area contributed by atoms with Gasteiger partial charge in [0.2, 0.25) is 0 Å². The molecule has 2 rings (SSSR count). The average Bonchev–Trinajstić information content (AvgIpc) is 2.42. The first kappa shape index (κ1) is 15.2. The van der Waals surface area contributed by atoms with Crippen LogP contribution in [0.2, 0.25) is 0 Å². The highest BCUT2D eigenvalue weighted by atomic mass is 127. The summed E-state index contributed by atoms with van der Waals surface area (Å²) in [5.74, 6) is 7.02. The second-order valence-corrected chi connectivity index (χ2v) is 6.66. The van der Waals surface area contributed by atoms with Crippen molar-refractivity contribution >= 4 is 22.6 Å². The maximum Gasteiger partial charge on any atom is 0.124 e. The monoisotopic (exact) mass is 376 g/mol. The molecule has 1 atom stereocenters. The minimum absolute atomic E-state index is 0.144. The van der Waals surface area contributed by atoms with E-state index in [9.17, 15) is 4.39 Å². The number of hydrogen-bond acceptors (Lipinski definition) is 2. The second-order valence-electron chi connectivity index (χ2n) is 5.50. The minimum atomic E-state index is -0.182. The Morgan fingerprint density at radius 3 is 2.58 bits per heavy atom. The van der Waals surface area contributed by atoms with Crippen LogP contribution >= 0.6 is 22.6 Å². The molecule has 0 aliphatic heterocycles. The van der Waals surface area contributed by atoms with Gasteiger partial charge in [0.05, 0.1) is 0 Å². The lowest BCUT2D eigenvalue weighted by atomic mass is 9.76. The van der Waals surface area contributed by atoms with Gasteiger partial charge in [-0.05, 0) is 65.0 Å². The van der Waals surface area contributed by atoms with Gasteiger partial charge in [-0.25, -0.2) is 4.39 Å². The zero-order valence-corrected chi connectivity index (χ0v) is 13.5. The molecule has 2 nitrogen and oxygen atoms in total. The van der Waals surface area contributed by atoms with Crippen LogP contribution in [0.1, 0.15) is 50.6 Å².